The summed E-state index contributed by atoms with van der Waals surface area (Å²) in [7, 11) is 0.857. The molecule has 0 amide bonds. The zero-order chi connectivity index (χ0) is 47.2. The summed E-state index contributed by atoms with van der Waals surface area (Å²) in [5, 5.41) is 0. The first-order valence-electron chi connectivity index (χ1n) is 29.8. The molecular weight excluding hydrogens is 838 g/mol. The van der Waals surface area contributed by atoms with E-state index in [4.69, 9.17) is 9.05 Å². The molecule has 0 aromatic heterocycles. The molecule has 0 unspecified atom stereocenters. The van der Waals surface area contributed by atoms with E-state index in [9.17, 15) is 4.89 Å². The Kier molecular flexibility index (Phi) is 76.7. The molecule has 6 heteroatoms. The molecule has 0 saturated heterocycles. The van der Waals surface area contributed by atoms with Crippen molar-refractivity contribution in [3.63, 3.8) is 0 Å². The maximum atomic E-state index is 9.79. The molecule has 0 spiro atoms. The second-order valence-electron chi connectivity index (χ2n) is 19.5. The van der Waals surface area contributed by atoms with Crippen LogP contribution < -0.4 is 0 Å². The molecule has 0 aliphatic carbocycles. The molecule has 0 bridgehead atoms. The maximum absolute atomic E-state index is 9.79. The molecule has 0 aromatic rings. The van der Waals surface area contributed by atoms with Crippen LogP contribution >= 0.6 is 25.8 Å². The SMILES string of the molecule is CCCCCCCCCCCCCOP(O)OCCCCCCCCCCCCC.CCCCCCCCPCCCCCCCC.CCCCCCCCPCCCCCCCC. The van der Waals surface area contributed by atoms with Crippen LogP contribution in [0.1, 0.15) is 337 Å². The summed E-state index contributed by atoms with van der Waals surface area (Å²) >= 11 is 0. The maximum Gasteiger partial charge on any atom is 0.329 e. The lowest BCUT2D eigenvalue weighted by molar-refractivity contribution is 0.193. The zero-order valence-corrected chi connectivity index (χ0v) is 48.4. The molecule has 390 valence electrons. The van der Waals surface area contributed by atoms with Gasteiger partial charge in [-0.2, -0.15) is 0 Å². The fourth-order valence-electron chi connectivity index (χ4n) is 8.23. The third kappa shape index (κ3) is 74.7. The van der Waals surface area contributed by atoms with Crippen molar-refractivity contribution < 1.29 is 13.9 Å². The summed E-state index contributed by atoms with van der Waals surface area (Å²) in [6.45, 7) is 15.0. The highest BCUT2D eigenvalue weighted by Crippen LogP contribution is 2.33. The fraction of sp³-hybridized carbons (Fsp3) is 1.00. The Morgan fingerprint density at radius 2 is 0.391 bits per heavy atom. The Bertz CT molecular complexity index is 643. The molecule has 3 nitrogen and oxygen atoms in total. The highest BCUT2D eigenvalue weighted by Gasteiger charge is 2.06. The first kappa shape index (κ1) is 69.4. The highest BCUT2D eigenvalue weighted by atomic mass is 31.2. The third-order valence-corrected chi connectivity index (χ3v) is 16.4. The van der Waals surface area contributed by atoms with Crippen LogP contribution in [0.2, 0.25) is 0 Å². The fourth-order valence-corrected chi connectivity index (χ4v) is 11.4. The van der Waals surface area contributed by atoms with Crippen molar-refractivity contribution in [2.24, 2.45) is 0 Å². The van der Waals surface area contributed by atoms with Crippen LogP contribution in [0, 0.1) is 0 Å². The molecule has 0 radical (unpaired) electrons. The Hall–Kier alpha value is 1.17. The summed E-state index contributed by atoms with van der Waals surface area (Å²) in [6.07, 6.45) is 70.4. The number of hydrogen-bond acceptors (Lipinski definition) is 3. The number of unbranched alkanes of at least 4 members (excludes halogenated alkanes) is 40. The smallest absolute Gasteiger partial charge is 0.328 e. The van der Waals surface area contributed by atoms with Crippen molar-refractivity contribution in [3.8, 4) is 0 Å². The summed E-state index contributed by atoms with van der Waals surface area (Å²) in [6, 6.07) is 0. The summed E-state index contributed by atoms with van der Waals surface area (Å²) in [5.74, 6) is 0. The van der Waals surface area contributed by atoms with Crippen LogP contribution in [-0.2, 0) is 9.05 Å². The molecule has 0 heterocycles. The molecule has 0 saturated carbocycles. The number of rotatable bonds is 54. The van der Waals surface area contributed by atoms with Crippen molar-refractivity contribution in [2.75, 3.05) is 37.9 Å². The Morgan fingerprint density at radius 3 is 0.578 bits per heavy atom. The van der Waals surface area contributed by atoms with Crippen LogP contribution in [0.3, 0.4) is 0 Å². The van der Waals surface area contributed by atoms with Crippen molar-refractivity contribution in [3.05, 3.63) is 0 Å². The van der Waals surface area contributed by atoms with Crippen LogP contribution in [0.4, 0.5) is 0 Å². The average molecular weight is 964 g/mol. The van der Waals surface area contributed by atoms with E-state index in [-0.39, 0.29) is 0 Å². The molecular formula is C58H125O3P3. The van der Waals surface area contributed by atoms with E-state index >= 15 is 0 Å². The highest BCUT2D eigenvalue weighted by molar-refractivity contribution is 7.40. The van der Waals surface area contributed by atoms with Gasteiger partial charge in [0.15, 0.2) is 0 Å². The summed E-state index contributed by atoms with van der Waals surface area (Å²) in [4.78, 5) is 9.79. The van der Waals surface area contributed by atoms with Gasteiger partial charge in [-0.1, -0.05) is 298 Å². The lowest BCUT2D eigenvalue weighted by atomic mass is 10.1. The van der Waals surface area contributed by atoms with Gasteiger partial charge < -0.3 is 13.9 Å². The predicted octanol–water partition coefficient (Wildman–Crippen LogP) is 22.6. The first-order valence-corrected chi connectivity index (χ1v) is 33.8. The average Bonchev–Trinajstić information content (AvgIpc) is 3.30. The summed E-state index contributed by atoms with van der Waals surface area (Å²) < 4.78 is 10.8. The first-order chi connectivity index (χ1) is 31.6. The number of hydrogen-bond donors (Lipinski definition) is 1. The zero-order valence-electron chi connectivity index (χ0n) is 45.5. The van der Waals surface area contributed by atoms with Crippen molar-refractivity contribution in [1.29, 1.82) is 0 Å². The largest absolute Gasteiger partial charge is 0.329 e. The molecule has 0 aliphatic rings. The van der Waals surface area contributed by atoms with Crippen LogP contribution in [-0.4, -0.2) is 42.8 Å². The normalized spacial score (nSPS) is 11.2. The van der Waals surface area contributed by atoms with E-state index in [2.05, 4.69) is 41.5 Å². The standard InChI is InChI=1S/C26H55O3P.2C16H35P/c1-3-5-7-9-11-13-15-17-19-21-23-25-28-30(27)29-26-24-22-20-18-16-14-12-10-8-6-4-2;2*1-3-5-7-9-11-13-15-17-16-14-12-10-8-6-4-2/h27H,3-26H2,1-2H3;2*17H,3-16H2,1-2H3. The molecule has 1 N–H and O–H groups in total. The monoisotopic (exact) mass is 963 g/mol. The molecule has 0 aromatic carbocycles. The quantitative estimate of drug-likeness (QED) is 0.0488. The Morgan fingerprint density at radius 1 is 0.234 bits per heavy atom. The minimum atomic E-state index is -1.66. The van der Waals surface area contributed by atoms with Gasteiger partial charge in [0.2, 0.25) is 0 Å². The van der Waals surface area contributed by atoms with Gasteiger partial charge in [0.25, 0.3) is 0 Å². The van der Waals surface area contributed by atoms with Gasteiger partial charge in [-0.05, 0) is 63.2 Å². The molecule has 0 fully saturated rings. The van der Waals surface area contributed by atoms with E-state index in [0.717, 1.165) is 12.8 Å². The van der Waals surface area contributed by atoms with Crippen molar-refractivity contribution >= 4 is 25.8 Å². The van der Waals surface area contributed by atoms with Gasteiger partial charge in [0.1, 0.15) is 0 Å². The topological polar surface area (TPSA) is 38.7 Å². The second kappa shape index (κ2) is 70.7. The predicted molar refractivity (Wildman–Crippen MR) is 304 cm³/mol. The third-order valence-electron chi connectivity index (χ3n) is 12.7. The van der Waals surface area contributed by atoms with Crippen LogP contribution in [0.5, 0.6) is 0 Å². The Labute approximate surface area is 412 Å². The molecule has 0 atom stereocenters. The van der Waals surface area contributed by atoms with Gasteiger partial charge in [-0.15, -0.1) is 17.2 Å². The van der Waals surface area contributed by atoms with Crippen molar-refractivity contribution in [1.82, 2.24) is 0 Å². The lowest BCUT2D eigenvalue weighted by Crippen LogP contribution is -1.95. The molecule has 0 aliphatic heterocycles. The van der Waals surface area contributed by atoms with Gasteiger partial charge in [-0.25, -0.2) is 0 Å². The van der Waals surface area contributed by atoms with E-state index in [0.29, 0.717) is 13.2 Å². The van der Waals surface area contributed by atoms with E-state index in [1.165, 1.54) is 324 Å². The van der Waals surface area contributed by atoms with Gasteiger partial charge >= 0.3 is 8.60 Å². The van der Waals surface area contributed by atoms with E-state index < -0.39 is 8.60 Å². The van der Waals surface area contributed by atoms with Crippen LogP contribution in [0.25, 0.3) is 0 Å². The van der Waals surface area contributed by atoms with E-state index in [1.54, 1.807) is 0 Å². The lowest BCUT2D eigenvalue weighted by Gasteiger charge is -2.10. The van der Waals surface area contributed by atoms with Gasteiger partial charge in [0, 0.05) is 0 Å². The van der Waals surface area contributed by atoms with Gasteiger partial charge in [0.05, 0.1) is 13.2 Å². The van der Waals surface area contributed by atoms with Gasteiger partial charge in [-0.3, -0.25) is 0 Å². The minimum absolute atomic E-state index is 0.636. The molecule has 0 rings (SSSR count). The molecule has 64 heavy (non-hydrogen) atoms. The van der Waals surface area contributed by atoms with E-state index in [1.807, 2.05) is 0 Å². The second-order valence-corrected chi connectivity index (χ2v) is 23.5. The van der Waals surface area contributed by atoms with Crippen molar-refractivity contribution in [2.45, 2.75) is 337 Å². The summed E-state index contributed by atoms with van der Waals surface area (Å²) in [5.41, 5.74) is 0. The Balaban J connectivity index is -0.000000936. The van der Waals surface area contributed by atoms with Crippen LogP contribution in [0.15, 0.2) is 0 Å². The minimum Gasteiger partial charge on any atom is -0.328 e.